The Balaban J connectivity index is 1.47. The third kappa shape index (κ3) is 3.26. The minimum Gasteiger partial charge on any atom is -0.466 e. The quantitative estimate of drug-likeness (QED) is 0.747. The molecule has 1 aromatic carbocycles. The molecule has 1 heterocycles. The van der Waals surface area contributed by atoms with Crippen LogP contribution in [0.15, 0.2) is 30.5 Å². The molecule has 0 radical (unpaired) electrons. The molecule has 3 unspecified atom stereocenters. The molecule has 2 aromatic rings. The normalized spacial score (nSPS) is 28.2. The molecule has 1 aromatic heterocycles. The van der Waals surface area contributed by atoms with Crippen LogP contribution < -0.4 is 0 Å². The van der Waals surface area contributed by atoms with Crippen LogP contribution in [0.2, 0.25) is 0 Å². The number of ether oxygens (including phenoxy) is 1. The lowest BCUT2D eigenvalue weighted by Gasteiger charge is -2.16. The monoisotopic (exact) mass is 341 g/mol. The van der Waals surface area contributed by atoms with Gasteiger partial charge < -0.3 is 4.74 Å². The number of fused-ring (bicyclic) bond motifs is 2. The van der Waals surface area contributed by atoms with Crippen LogP contribution in [0.4, 0.5) is 4.39 Å². The maximum absolute atomic E-state index is 13.7. The van der Waals surface area contributed by atoms with Crippen LogP contribution in [0, 0.1) is 23.6 Å². The van der Waals surface area contributed by atoms with Crippen molar-refractivity contribution in [2.75, 3.05) is 6.61 Å². The van der Waals surface area contributed by atoms with Crippen molar-refractivity contribution in [1.29, 1.82) is 0 Å². The average Bonchev–Trinajstić information content (AvgIpc) is 3.12. The van der Waals surface area contributed by atoms with Crippen molar-refractivity contribution in [3.63, 3.8) is 0 Å². The SMILES string of the molecule is CCOC(=O)CC1CC2CC(c3ccnc4ccc(F)cc34)C[C@@H]2C1. The average molecular weight is 341 g/mol. The molecule has 2 aliphatic rings. The Morgan fingerprint density at radius 1 is 1.20 bits per heavy atom. The maximum atomic E-state index is 13.7. The Hall–Kier alpha value is -1.97. The van der Waals surface area contributed by atoms with Crippen LogP contribution >= 0.6 is 0 Å². The molecule has 0 bridgehead atoms. The summed E-state index contributed by atoms with van der Waals surface area (Å²) in [5.41, 5.74) is 2.11. The first-order valence-electron chi connectivity index (χ1n) is 9.33. The van der Waals surface area contributed by atoms with Gasteiger partial charge in [-0.25, -0.2) is 4.39 Å². The summed E-state index contributed by atoms with van der Waals surface area (Å²) >= 11 is 0. The zero-order valence-electron chi connectivity index (χ0n) is 14.6. The van der Waals surface area contributed by atoms with E-state index < -0.39 is 0 Å². The summed E-state index contributed by atoms with van der Waals surface area (Å²) < 4.78 is 18.8. The molecule has 0 spiro atoms. The molecule has 2 fully saturated rings. The summed E-state index contributed by atoms with van der Waals surface area (Å²) in [6, 6.07) is 6.92. The van der Waals surface area contributed by atoms with Crippen molar-refractivity contribution in [2.24, 2.45) is 17.8 Å². The lowest BCUT2D eigenvalue weighted by atomic mass is 9.90. The van der Waals surface area contributed by atoms with Gasteiger partial charge in [0.1, 0.15) is 5.82 Å². The number of esters is 1. The van der Waals surface area contributed by atoms with E-state index in [9.17, 15) is 9.18 Å². The number of aromatic nitrogens is 1. The van der Waals surface area contributed by atoms with Crippen molar-refractivity contribution in [3.05, 3.63) is 41.8 Å². The number of hydrogen-bond donors (Lipinski definition) is 0. The summed E-state index contributed by atoms with van der Waals surface area (Å²) in [6.07, 6.45) is 6.93. The summed E-state index contributed by atoms with van der Waals surface area (Å²) in [5, 5.41) is 0.954. The Morgan fingerprint density at radius 3 is 2.68 bits per heavy atom. The Bertz CT molecular complexity index is 777. The maximum Gasteiger partial charge on any atom is 0.306 e. The van der Waals surface area contributed by atoms with Gasteiger partial charge in [-0.05, 0) is 86.1 Å². The van der Waals surface area contributed by atoms with Gasteiger partial charge in [0.15, 0.2) is 0 Å². The molecule has 0 aliphatic heterocycles. The number of carbonyl (C=O) groups excluding carboxylic acids is 1. The van der Waals surface area contributed by atoms with E-state index in [4.69, 9.17) is 4.74 Å². The molecular formula is C21H24FNO2. The molecule has 132 valence electrons. The van der Waals surface area contributed by atoms with E-state index in [2.05, 4.69) is 11.1 Å². The highest BCUT2D eigenvalue weighted by atomic mass is 19.1. The van der Waals surface area contributed by atoms with Gasteiger partial charge in [-0.2, -0.15) is 0 Å². The zero-order valence-corrected chi connectivity index (χ0v) is 14.6. The van der Waals surface area contributed by atoms with Crippen molar-refractivity contribution in [1.82, 2.24) is 4.98 Å². The molecule has 0 amide bonds. The van der Waals surface area contributed by atoms with Gasteiger partial charge in [-0.3, -0.25) is 9.78 Å². The summed E-state index contributed by atoms with van der Waals surface area (Å²) in [6.45, 7) is 2.32. The Labute approximate surface area is 147 Å². The van der Waals surface area contributed by atoms with Crippen molar-refractivity contribution >= 4 is 16.9 Å². The first-order valence-corrected chi connectivity index (χ1v) is 9.33. The van der Waals surface area contributed by atoms with E-state index in [1.165, 1.54) is 11.6 Å². The highest BCUT2D eigenvalue weighted by Gasteiger charge is 2.42. The second-order valence-corrected chi connectivity index (χ2v) is 7.60. The molecule has 2 saturated carbocycles. The predicted molar refractivity (Wildman–Crippen MR) is 94.6 cm³/mol. The van der Waals surface area contributed by atoms with E-state index in [0.717, 1.165) is 36.6 Å². The van der Waals surface area contributed by atoms with Gasteiger partial charge in [0.05, 0.1) is 12.1 Å². The largest absolute Gasteiger partial charge is 0.466 e. The molecular weight excluding hydrogens is 317 g/mol. The minimum atomic E-state index is -0.200. The fourth-order valence-electron chi connectivity index (χ4n) is 5.11. The second-order valence-electron chi connectivity index (χ2n) is 7.60. The smallest absolute Gasteiger partial charge is 0.306 e. The molecule has 0 N–H and O–H groups in total. The predicted octanol–water partition coefficient (Wildman–Crippen LogP) is 4.85. The van der Waals surface area contributed by atoms with E-state index in [1.54, 1.807) is 12.1 Å². The van der Waals surface area contributed by atoms with Crippen molar-refractivity contribution < 1.29 is 13.9 Å². The van der Waals surface area contributed by atoms with Crippen LogP contribution in [0.3, 0.4) is 0 Å². The van der Waals surface area contributed by atoms with E-state index in [1.807, 2.05) is 13.1 Å². The van der Waals surface area contributed by atoms with Gasteiger partial charge in [-0.1, -0.05) is 0 Å². The summed E-state index contributed by atoms with van der Waals surface area (Å²) in [4.78, 5) is 16.1. The molecule has 4 atom stereocenters. The summed E-state index contributed by atoms with van der Waals surface area (Å²) in [5.74, 6) is 2.06. The van der Waals surface area contributed by atoms with Gasteiger partial charge in [0.2, 0.25) is 0 Å². The number of pyridine rings is 1. The van der Waals surface area contributed by atoms with Crippen LogP contribution in [0.25, 0.3) is 10.9 Å². The Morgan fingerprint density at radius 2 is 1.96 bits per heavy atom. The van der Waals surface area contributed by atoms with Crippen LogP contribution in [-0.2, 0) is 9.53 Å². The van der Waals surface area contributed by atoms with E-state index >= 15 is 0 Å². The van der Waals surface area contributed by atoms with Gasteiger partial charge in [0, 0.05) is 18.0 Å². The zero-order chi connectivity index (χ0) is 17.4. The van der Waals surface area contributed by atoms with E-state index in [0.29, 0.717) is 36.7 Å². The number of nitrogens with zero attached hydrogens (tertiary/aromatic N) is 1. The van der Waals surface area contributed by atoms with Crippen LogP contribution in [0.5, 0.6) is 0 Å². The van der Waals surface area contributed by atoms with Crippen LogP contribution in [-0.4, -0.2) is 17.6 Å². The first kappa shape index (κ1) is 16.5. The van der Waals surface area contributed by atoms with E-state index in [-0.39, 0.29) is 11.8 Å². The standard InChI is InChI=1S/C21H24FNO2/c1-2-25-21(24)9-13-7-14-10-16(11-15(14)8-13)18-5-6-23-20-4-3-17(22)12-19(18)20/h3-6,12-16H,2,7-11H2,1H3/t13?,14-,15?,16?/m0/s1. The molecule has 2 aliphatic carbocycles. The summed E-state index contributed by atoms with van der Waals surface area (Å²) in [7, 11) is 0. The highest BCUT2D eigenvalue weighted by Crippen LogP contribution is 2.53. The third-order valence-electron chi connectivity index (χ3n) is 6.05. The number of benzene rings is 1. The van der Waals surface area contributed by atoms with Crippen molar-refractivity contribution in [2.45, 2.75) is 44.9 Å². The highest BCUT2D eigenvalue weighted by molar-refractivity contribution is 5.82. The van der Waals surface area contributed by atoms with Gasteiger partial charge >= 0.3 is 5.97 Å². The molecule has 3 nitrogen and oxygen atoms in total. The molecule has 4 rings (SSSR count). The van der Waals surface area contributed by atoms with Gasteiger partial charge in [0.25, 0.3) is 0 Å². The number of carbonyl (C=O) groups is 1. The number of halogens is 1. The third-order valence-corrected chi connectivity index (χ3v) is 6.05. The lowest BCUT2D eigenvalue weighted by Crippen LogP contribution is -2.10. The minimum absolute atomic E-state index is 0.0559. The number of rotatable bonds is 4. The van der Waals surface area contributed by atoms with Gasteiger partial charge in [-0.15, -0.1) is 0 Å². The lowest BCUT2D eigenvalue weighted by molar-refractivity contribution is -0.144. The molecule has 4 heteroatoms. The number of hydrogen-bond acceptors (Lipinski definition) is 3. The second kappa shape index (κ2) is 6.74. The Kier molecular flexibility index (Phi) is 4.45. The molecule has 0 saturated heterocycles. The molecule has 25 heavy (non-hydrogen) atoms. The fraction of sp³-hybridized carbons (Fsp3) is 0.524. The van der Waals surface area contributed by atoms with Crippen LogP contribution in [0.1, 0.15) is 50.5 Å². The van der Waals surface area contributed by atoms with Crippen molar-refractivity contribution in [3.8, 4) is 0 Å². The first-order chi connectivity index (χ1) is 12.1. The fourth-order valence-corrected chi connectivity index (χ4v) is 5.11. The topological polar surface area (TPSA) is 39.2 Å².